The minimum atomic E-state index is -1.12. The topological polar surface area (TPSA) is 76.1 Å². The highest BCUT2D eigenvalue weighted by atomic mass is 19.1. The van der Waals surface area contributed by atoms with Gasteiger partial charge in [-0.2, -0.15) is 0 Å². The highest BCUT2D eigenvalue weighted by Gasteiger charge is 2.40. The number of carbonyl (C=O) groups is 2. The number of nitrogens with zero attached hydrogens (tertiary/aromatic N) is 1. The molecule has 1 N–H and O–H groups in total. The van der Waals surface area contributed by atoms with Crippen molar-refractivity contribution in [1.82, 2.24) is 4.90 Å². The molecule has 1 aliphatic heterocycles. The van der Waals surface area contributed by atoms with Gasteiger partial charge in [-0.15, -0.1) is 0 Å². The fourth-order valence-corrected chi connectivity index (χ4v) is 4.83. The average Bonchev–Trinajstić information content (AvgIpc) is 2.96. The molecule has 7 heteroatoms. The molecule has 0 aromatic heterocycles. The highest BCUT2D eigenvalue weighted by Crippen LogP contribution is 2.36. The average molecular weight is 526 g/mol. The molecule has 0 bridgehead atoms. The Kier molecular flexibility index (Phi) is 7.59. The van der Waals surface area contributed by atoms with Gasteiger partial charge in [-0.3, -0.25) is 4.79 Å². The Bertz CT molecular complexity index is 1460. The van der Waals surface area contributed by atoms with Crippen LogP contribution in [0.25, 0.3) is 0 Å². The van der Waals surface area contributed by atoms with Crippen LogP contribution in [0.4, 0.5) is 4.39 Å². The summed E-state index contributed by atoms with van der Waals surface area (Å²) in [6.07, 6.45) is -1.01. The number of carboxylic acid groups (broad SMARTS) is 1. The van der Waals surface area contributed by atoms with Crippen molar-refractivity contribution in [3.63, 3.8) is 0 Å². The van der Waals surface area contributed by atoms with Crippen LogP contribution in [0.3, 0.4) is 0 Å². The number of rotatable bonds is 8. The molecule has 5 rings (SSSR count). The number of hydrogen-bond acceptors (Lipinski definition) is 4. The fraction of sp³-hybridized carbons (Fsp3) is 0.188. The molecule has 1 aliphatic rings. The number of carboxylic acids is 1. The summed E-state index contributed by atoms with van der Waals surface area (Å²) in [7, 11) is 0. The molecule has 39 heavy (non-hydrogen) atoms. The monoisotopic (exact) mass is 525 g/mol. The molecule has 6 nitrogen and oxygen atoms in total. The first kappa shape index (κ1) is 26.0. The predicted octanol–water partition coefficient (Wildman–Crippen LogP) is 5.87. The van der Waals surface area contributed by atoms with E-state index in [1.807, 2.05) is 55.5 Å². The summed E-state index contributed by atoms with van der Waals surface area (Å²) in [6, 6.07) is 26.7. The van der Waals surface area contributed by atoms with E-state index in [0.29, 0.717) is 23.7 Å². The molecule has 0 spiro atoms. The fourth-order valence-electron chi connectivity index (χ4n) is 4.83. The van der Waals surface area contributed by atoms with Crippen molar-refractivity contribution >= 4 is 11.9 Å². The molecule has 4 aromatic rings. The van der Waals surface area contributed by atoms with E-state index in [1.54, 1.807) is 24.3 Å². The summed E-state index contributed by atoms with van der Waals surface area (Å²) in [5.74, 6) is -1.08. The van der Waals surface area contributed by atoms with E-state index in [2.05, 4.69) is 0 Å². The van der Waals surface area contributed by atoms with Gasteiger partial charge in [0.25, 0.3) is 5.91 Å². The predicted molar refractivity (Wildman–Crippen MR) is 144 cm³/mol. The third kappa shape index (κ3) is 5.77. The maximum absolute atomic E-state index is 14.0. The molecule has 0 aliphatic carbocycles. The van der Waals surface area contributed by atoms with Crippen LogP contribution in [-0.4, -0.2) is 27.9 Å². The van der Waals surface area contributed by atoms with Gasteiger partial charge in [0.05, 0.1) is 0 Å². The van der Waals surface area contributed by atoms with Crippen LogP contribution >= 0.6 is 0 Å². The molecule has 1 amide bonds. The largest absolute Gasteiger partial charge is 0.488 e. The summed E-state index contributed by atoms with van der Waals surface area (Å²) in [5, 5.41) is 10.2. The number of amides is 1. The SMILES string of the molecule is Cc1ccc2c(c1OCc1ccccc1)C[C@@H](C(=O)O)N(C(=O)[C@H](Oc1ccc(F)cc1)c1ccccc1)C2. The number of carbonyl (C=O) groups excluding carboxylic acids is 1. The van der Waals surface area contributed by atoms with Gasteiger partial charge in [-0.25, -0.2) is 9.18 Å². The maximum atomic E-state index is 14.0. The van der Waals surface area contributed by atoms with E-state index < -0.39 is 29.8 Å². The van der Waals surface area contributed by atoms with Gasteiger partial charge in [0, 0.05) is 24.1 Å². The number of aryl methyl sites for hydroxylation is 1. The van der Waals surface area contributed by atoms with Crippen molar-refractivity contribution < 1.29 is 28.6 Å². The summed E-state index contributed by atoms with van der Waals surface area (Å²) in [4.78, 5) is 27.8. The summed E-state index contributed by atoms with van der Waals surface area (Å²) in [6.45, 7) is 2.36. The van der Waals surface area contributed by atoms with E-state index >= 15 is 0 Å². The van der Waals surface area contributed by atoms with E-state index in [-0.39, 0.29) is 13.0 Å². The van der Waals surface area contributed by atoms with Crippen LogP contribution in [0.5, 0.6) is 11.5 Å². The smallest absolute Gasteiger partial charge is 0.326 e. The van der Waals surface area contributed by atoms with Crippen molar-refractivity contribution in [2.45, 2.75) is 38.6 Å². The number of fused-ring (bicyclic) bond motifs is 1. The first-order chi connectivity index (χ1) is 18.9. The second-order valence-electron chi connectivity index (χ2n) is 9.51. The van der Waals surface area contributed by atoms with Crippen molar-refractivity contribution in [3.05, 3.63) is 131 Å². The molecule has 1 heterocycles. The lowest BCUT2D eigenvalue weighted by atomic mass is 9.90. The Hall–Kier alpha value is -4.65. The van der Waals surface area contributed by atoms with Crippen molar-refractivity contribution in [1.29, 1.82) is 0 Å². The first-order valence-electron chi connectivity index (χ1n) is 12.7. The Balaban J connectivity index is 1.47. The van der Waals surface area contributed by atoms with Crippen LogP contribution in [-0.2, 0) is 29.2 Å². The lowest BCUT2D eigenvalue weighted by Crippen LogP contribution is -2.51. The highest BCUT2D eigenvalue weighted by molar-refractivity contribution is 5.88. The van der Waals surface area contributed by atoms with Gasteiger partial charge in [0.15, 0.2) is 0 Å². The van der Waals surface area contributed by atoms with Gasteiger partial charge in [-0.05, 0) is 47.9 Å². The lowest BCUT2D eigenvalue weighted by Gasteiger charge is -2.37. The van der Waals surface area contributed by atoms with Gasteiger partial charge < -0.3 is 19.5 Å². The zero-order valence-electron chi connectivity index (χ0n) is 21.4. The zero-order chi connectivity index (χ0) is 27.4. The van der Waals surface area contributed by atoms with Crippen LogP contribution in [0.2, 0.25) is 0 Å². The quantitative estimate of drug-likeness (QED) is 0.311. The van der Waals surface area contributed by atoms with Crippen LogP contribution < -0.4 is 9.47 Å². The minimum Gasteiger partial charge on any atom is -0.488 e. The second-order valence-corrected chi connectivity index (χ2v) is 9.51. The number of hydrogen-bond donors (Lipinski definition) is 1. The molecule has 0 fully saturated rings. The number of ether oxygens (including phenoxy) is 2. The van der Waals surface area contributed by atoms with Crippen LogP contribution in [0, 0.1) is 12.7 Å². The molecule has 0 saturated heterocycles. The van der Waals surface area contributed by atoms with Crippen molar-refractivity contribution in [2.75, 3.05) is 0 Å². The minimum absolute atomic E-state index is 0.0865. The Morgan fingerprint density at radius 1 is 0.949 bits per heavy atom. The molecule has 4 aromatic carbocycles. The molecular weight excluding hydrogens is 497 g/mol. The molecule has 0 radical (unpaired) electrons. The van der Waals surface area contributed by atoms with Gasteiger partial charge in [0.1, 0.15) is 30.0 Å². The summed E-state index contributed by atoms with van der Waals surface area (Å²) >= 11 is 0. The number of benzene rings is 4. The Labute approximate surface area is 226 Å². The lowest BCUT2D eigenvalue weighted by molar-refractivity contribution is -0.155. The summed E-state index contributed by atoms with van der Waals surface area (Å²) in [5.41, 5.74) is 4.08. The molecule has 2 atom stereocenters. The third-order valence-electron chi connectivity index (χ3n) is 6.86. The molecular formula is C32H28FNO5. The van der Waals surface area contributed by atoms with Crippen LogP contribution in [0.1, 0.15) is 33.9 Å². The summed E-state index contributed by atoms with van der Waals surface area (Å²) < 4.78 is 25.7. The van der Waals surface area contributed by atoms with Crippen LogP contribution in [0.15, 0.2) is 97.1 Å². The number of aliphatic carboxylic acids is 1. The zero-order valence-corrected chi connectivity index (χ0v) is 21.4. The van der Waals surface area contributed by atoms with E-state index in [4.69, 9.17) is 9.47 Å². The van der Waals surface area contributed by atoms with Gasteiger partial charge in [-0.1, -0.05) is 72.8 Å². The van der Waals surface area contributed by atoms with E-state index in [9.17, 15) is 19.1 Å². The maximum Gasteiger partial charge on any atom is 0.326 e. The molecule has 0 saturated carbocycles. The van der Waals surface area contributed by atoms with Crippen molar-refractivity contribution in [3.8, 4) is 11.5 Å². The molecule has 0 unspecified atom stereocenters. The standard InChI is InChI=1S/C32H28FNO5/c1-21-12-13-24-19-34(28(32(36)37)18-27(24)29(21)38-20-22-8-4-2-5-9-22)31(35)30(23-10-6-3-7-11-23)39-26-16-14-25(33)15-17-26/h2-17,28,30H,18-20H2,1H3,(H,36,37)/t28-,30+/m0/s1. The van der Waals surface area contributed by atoms with Gasteiger partial charge >= 0.3 is 5.97 Å². The van der Waals surface area contributed by atoms with Gasteiger partial charge in [0.2, 0.25) is 6.10 Å². The van der Waals surface area contributed by atoms with Crippen molar-refractivity contribution in [2.24, 2.45) is 0 Å². The Morgan fingerprint density at radius 3 is 2.28 bits per heavy atom. The number of halogens is 1. The molecule has 198 valence electrons. The normalized spacial score (nSPS) is 15.2. The first-order valence-corrected chi connectivity index (χ1v) is 12.7. The Morgan fingerprint density at radius 2 is 1.62 bits per heavy atom. The van der Waals surface area contributed by atoms with E-state index in [0.717, 1.165) is 22.3 Å². The third-order valence-corrected chi connectivity index (χ3v) is 6.86. The van der Waals surface area contributed by atoms with E-state index in [1.165, 1.54) is 29.2 Å². The second kappa shape index (κ2) is 11.4.